The Kier molecular flexibility index (Phi) is 2.59. The molecule has 3 nitrogen and oxygen atoms in total. The molecular formula is C14H19FN2O. The van der Waals surface area contributed by atoms with E-state index in [2.05, 4.69) is 23.7 Å². The van der Waals surface area contributed by atoms with Crippen LogP contribution in [0.25, 0.3) is 0 Å². The molecule has 2 fully saturated rings. The standard InChI is InChI=1S/C14H19FN2O/c1-14(2)12(9-7-8-18-13(9)14)17(3)11-6-4-5-10(15)16-11/h4-6,9,12-13H,7-8H2,1-3H3/t9-,12-,13+/m1/s1. The van der Waals surface area contributed by atoms with Crippen LogP contribution in [-0.4, -0.2) is 30.8 Å². The summed E-state index contributed by atoms with van der Waals surface area (Å²) in [6.07, 6.45) is 1.44. The molecule has 1 saturated carbocycles. The van der Waals surface area contributed by atoms with Crippen molar-refractivity contribution in [2.45, 2.75) is 32.4 Å². The summed E-state index contributed by atoms with van der Waals surface area (Å²) in [6, 6.07) is 5.33. The third-order valence-corrected chi connectivity index (χ3v) is 4.52. The number of hydrogen-bond acceptors (Lipinski definition) is 3. The number of anilines is 1. The maximum Gasteiger partial charge on any atom is 0.214 e. The largest absolute Gasteiger partial charge is 0.377 e. The van der Waals surface area contributed by atoms with Crippen molar-refractivity contribution in [1.29, 1.82) is 0 Å². The van der Waals surface area contributed by atoms with Crippen LogP contribution in [0.4, 0.5) is 10.2 Å². The van der Waals surface area contributed by atoms with Gasteiger partial charge in [0.2, 0.25) is 5.95 Å². The molecule has 2 aliphatic rings. The molecule has 0 amide bonds. The van der Waals surface area contributed by atoms with Gasteiger partial charge in [-0.1, -0.05) is 19.9 Å². The van der Waals surface area contributed by atoms with Crippen molar-refractivity contribution >= 4 is 5.82 Å². The van der Waals surface area contributed by atoms with Gasteiger partial charge >= 0.3 is 0 Å². The van der Waals surface area contributed by atoms with Gasteiger partial charge < -0.3 is 9.64 Å². The number of pyridine rings is 1. The van der Waals surface area contributed by atoms with Gasteiger partial charge in [0.1, 0.15) is 5.82 Å². The summed E-state index contributed by atoms with van der Waals surface area (Å²) >= 11 is 0. The number of nitrogens with zero attached hydrogens (tertiary/aromatic N) is 2. The zero-order chi connectivity index (χ0) is 12.9. The van der Waals surface area contributed by atoms with Crippen LogP contribution in [-0.2, 0) is 4.74 Å². The Hall–Kier alpha value is -1.16. The lowest BCUT2D eigenvalue weighted by Crippen LogP contribution is -2.66. The van der Waals surface area contributed by atoms with Crippen molar-refractivity contribution in [3.8, 4) is 0 Å². The maximum absolute atomic E-state index is 13.2. The van der Waals surface area contributed by atoms with Gasteiger partial charge in [0, 0.05) is 31.0 Å². The first-order valence-electron chi connectivity index (χ1n) is 6.49. The molecule has 0 unspecified atom stereocenters. The second-order valence-electron chi connectivity index (χ2n) is 5.94. The molecular weight excluding hydrogens is 231 g/mol. The van der Waals surface area contributed by atoms with Gasteiger partial charge in [0.25, 0.3) is 0 Å². The monoisotopic (exact) mass is 250 g/mol. The Morgan fingerprint density at radius 3 is 2.94 bits per heavy atom. The van der Waals surface area contributed by atoms with Gasteiger partial charge in [0.15, 0.2) is 0 Å². The van der Waals surface area contributed by atoms with Crippen LogP contribution < -0.4 is 4.90 Å². The molecule has 3 rings (SSSR count). The highest BCUT2D eigenvalue weighted by Gasteiger charge is 2.60. The molecule has 2 heterocycles. The van der Waals surface area contributed by atoms with E-state index >= 15 is 0 Å². The average molecular weight is 250 g/mol. The molecule has 0 aromatic carbocycles. The number of rotatable bonds is 2. The van der Waals surface area contributed by atoms with E-state index in [0.29, 0.717) is 23.9 Å². The van der Waals surface area contributed by atoms with E-state index in [1.54, 1.807) is 6.07 Å². The molecule has 98 valence electrons. The van der Waals surface area contributed by atoms with Crippen LogP contribution in [0.15, 0.2) is 18.2 Å². The summed E-state index contributed by atoms with van der Waals surface area (Å²) in [7, 11) is 2.00. The molecule has 1 aromatic rings. The zero-order valence-electron chi connectivity index (χ0n) is 11.1. The normalized spacial score (nSPS) is 32.8. The lowest BCUT2D eigenvalue weighted by molar-refractivity contribution is -0.101. The Morgan fingerprint density at radius 2 is 2.22 bits per heavy atom. The zero-order valence-corrected chi connectivity index (χ0v) is 11.1. The number of aromatic nitrogens is 1. The molecule has 4 heteroatoms. The number of fused-ring (bicyclic) bond motifs is 1. The summed E-state index contributed by atoms with van der Waals surface area (Å²) in [5, 5.41) is 0. The third kappa shape index (κ3) is 1.55. The van der Waals surface area contributed by atoms with Gasteiger partial charge in [-0.05, 0) is 18.6 Å². The molecule has 0 spiro atoms. The average Bonchev–Trinajstić information content (AvgIpc) is 2.75. The molecule has 1 aromatic heterocycles. The Balaban J connectivity index is 1.87. The summed E-state index contributed by atoms with van der Waals surface area (Å²) in [6.45, 7) is 5.29. The fourth-order valence-corrected chi connectivity index (χ4v) is 3.82. The van der Waals surface area contributed by atoms with Crippen molar-refractivity contribution in [3.63, 3.8) is 0 Å². The van der Waals surface area contributed by atoms with Gasteiger partial charge in [-0.25, -0.2) is 4.98 Å². The minimum atomic E-state index is -0.421. The predicted molar refractivity (Wildman–Crippen MR) is 68.0 cm³/mol. The number of ether oxygens (including phenoxy) is 1. The third-order valence-electron chi connectivity index (χ3n) is 4.52. The number of halogens is 1. The molecule has 18 heavy (non-hydrogen) atoms. The van der Waals surface area contributed by atoms with E-state index in [9.17, 15) is 4.39 Å². The fraction of sp³-hybridized carbons (Fsp3) is 0.643. The highest BCUT2D eigenvalue weighted by Crippen LogP contribution is 2.54. The van der Waals surface area contributed by atoms with E-state index in [-0.39, 0.29) is 5.41 Å². The molecule has 0 radical (unpaired) electrons. The minimum Gasteiger partial charge on any atom is -0.377 e. The quantitative estimate of drug-likeness (QED) is 0.754. The lowest BCUT2D eigenvalue weighted by Gasteiger charge is -2.58. The van der Waals surface area contributed by atoms with E-state index < -0.39 is 5.95 Å². The highest BCUT2D eigenvalue weighted by atomic mass is 19.1. The van der Waals surface area contributed by atoms with Crippen LogP contribution in [0.2, 0.25) is 0 Å². The fourth-order valence-electron chi connectivity index (χ4n) is 3.82. The minimum absolute atomic E-state index is 0.101. The molecule has 0 bridgehead atoms. The SMILES string of the molecule is CN(c1cccc(F)n1)[C@@H]1[C@H]2CCO[C@@H]2C1(C)C. The predicted octanol–water partition coefficient (Wildman–Crippen LogP) is 2.47. The molecule has 1 saturated heterocycles. The highest BCUT2D eigenvalue weighted by molar-refractivity contribution is 5.41. The molecule has 0 N–H and O–H groups in total. The van der Waals surface area contributed by atoms with E-state index in [1.165, 1.54) is 6.07 Å². The van der Waals surface area contributed by atoms with Gasteiger partial charge in [-0.3, -0.25) is 0 Å². The maximum atomic E-state index is 13.2. The van der Waals surface area contributed by atoms with Gasteiger partial charge in [-0.2, -0.15) is 4.39 Å². The second kappa shape index (κ2) is 3.92. The van der Waals surface area contributed by atoms with E-state index in [0.717, 1.165) is 13.0 Å². The van der Waals surface area contributed by atoms with Crippen LogP contribution in [0, 0.1) is 17.3 Å². The molecule has 1 aliphatic heterocycles. The first-order chi connectivity index (χ1) is 8.51. The first kappa shape index (κ1) is 11.9. The van der Waals surface area contributed by atoms with Crippen LogP contribution in [0.1, 0.15) is 20.3 Å². The van der Waals surface area contributed by atoms with Crippen LogP contribution >= 0.6 is 0 Å². The molecule has 1 aliphatic carbocycles. The summed E-state index contributed by atoms with van der Waals surface area (Å²) in [5.74, 6) is 0.837. The van der Waals surface area contributed by atoms with Gasteiger partial charge in [0.05, 0.1) is 6.10 Å². The Morgan fingerprint density at radius 1 is 1.44 bits per heavy atom. The Bertz CT molecular complexity index is 463. The van der Waals surface area contributed by atoms with E-state index in [4.69, 9.17) is 4.74 Å². The topological polar surface area (TPSA) is 25.4 Å². The number of hydrogen-bond donors (Lipinski definition) is 0. The summed E-state index contributed by atoms with van der Waals surface area (Å²) in [5.41, 5.74) is 0.101. The lowest BCUT2D eigenvalue weighted by atomic mass is 9.57. The van der Waals surface area contributed by atoms with Crippen molar-refractivity contribution in [1.82, 2.24) is 4.98 Å². The Labute approximate surface area is 107 Å². The first-order valence-corrected chi connectivity index (χ1v) is 6.49. The van der Waals surface area contributed by atoms with Crippen LogP contribution in [0.5, 0.6) is 0 Å². The second-order valence-corrected chi connectivity index (χ2v) is 5.94. The van der Waals surface area contributed by atoms with Gasteiger partial charge in [-0.15, -0.1) is 0 Å². The smallest absolute Gasteiger partial charge is 0.214 e. The van der Waals surface area contributed by atoms with Crippen molar-refractivity contribution < 1.29 is 9.13 Å². The summed E-state index contributed by atoms with van der Waals surface area (Å²) < 4.78 is 19.0. The van der Waals surface area contributed by atoms with Crippen molar-refractivity contribution in [2.75, 3.05) is 18.6 Å². The van der Waals surface area contributed by atoms with E-state index in [1.807, 2.05) is 13.1 Å². The van der Waals surface area contributed by atoms with Crippen molar-refractivity contribution in [3.05, 3.63) is 24.1 Å². The summed E-state index contributed by atoms with van der Waals surface area (Å²) in [4.78, 5) is 6.08. The molecule has 3 atom stereocenters. The van der Waals surface area contributed by atoms with Crippen molar-refractivity contribution in [2.24, 2.45) is 11.3 Å². The van der Waals surface area contributed by atoms with Crippen LogP contribution in [0.3, 0.4) is 0 Å².